The summed E-state index contributed by atoms with van der Waals surface area (Å²) in [6, 6.07) is 5.19. The zero-order chi connectivity index (χ0) is 23.3. The summed E-state index contributed by atoms with van der Waals surface area (Å²) in [5.41, 5.74) is 0.260. The van der Waals surface area contributed by atoms with Crippen LogP contribution in [0.2, 0.25) is 0 Å². The third-order valence-electron chi connectivity index (χ3n) is 5.14. The van der Waals surface area contributed by atoms with Crippen molar-refractivity contribution in [3.05, 3.63) is 29.9 Å². The fourth-order valence-electron chi connectivity index (χ4n) is 3.41. The molecule has 0 aromatic carbocycles. The highest BCUT2D eigenvalue weighted by Crippen LogP contribution is 2.24. The lowest BCUT2D eigenvalue weighted by Gasteiger charge is -2.34. The van der Waals surface area contributed by atoms with E-state index in [2.05, 4.69) is 9.97 Å². The standard InChI is InChI=1S/C20H26N6O4S2/c1-4-26(5-2)32(28,29)16-6-7-18(22-13-16)31-14-19(27)24-8-10-25(11-9-24)20-17(12-21)23-15(3)30-20/h6-7,13H,4-5,8-11,14H2,1-3H3. The van der Waals surface area contributed by atoms with Crippen LogP contribution in [0.1, 0.15) is 25.4 Å². The molecular formula is C20H26N6O4S2. The second kappa shape index (κ2) is 10.3. The number of hydrogen-bond donors (Lipinski definition) is 0. The Morgan fingerprint density at radius 3 is 2.50 bits per heavy atom. The lowest BCUT2D eigenvalue weighted by atomic mass is 10.3. The fraction of sp³-hybridized carbons (Fsp3) is 0.500. The molecule has 0 N–H and O–H groups in total. The number of piperazine rings is 1. The molecule has 0 aliphatic carbocycles. The molecule has 172 valence electrons. The van der Waals surface area contributed by atoms with Crippen LogP contribution in [0.4, 0.5) is 5.88 Å². The maximum atomic E-state index is 12.6. The van der Waals surface area contributed by atoms with Gasteiger partial charge in [0.25, 0.3) is 0 Å². The molecule has 3 rings (SSSR count). The molecule has 0 bridgehead atoms. The molecule has 10 nitrogen and oxygen atoms in total. The number of hydrogen-bond acceptors (Lipinski definition) is 9. The van der Waals surface area contributed by atoms with Gasteiger partial charge in [0.2, 0.25) is 27.5 Å². The Bertz CT molecular complexity index is 1080. The highest BCUT2D eigenvalue weighted by atomic mass is 32.2. The Morgan fingerprint density at radius 2 is 1.94 bits per heavy atom. The van der Waals surface area contributed by atoms with Gasteiger partial charge in [0.15, 0.2) is 5.89 Å². The number of anilines is 1. The van der Waals surface area contributed by atoms with Gasteiger partial charge in [-0.25, -0.2) is 18.4 Å². The number of carbonyl (C=O) groups excluding carboxylic acids is 1. The summed E-state index contributed by atoms with van der Waals surface area (Å²) in [5, 5.41) is 9.78. The number of nitrogens with zero attached hydrogens (tertiary/aromatic N) is 6. The molecule has 0 radical (unpaired) electrons. The van der Waals surface area contributed by atoms with Crippen LogP contribution in [0.3, 0.4) is 0 Å². The Labute approximate surface area is 192 Å². The third kappa shape index (κ3) is 5.23. The minimum atomic E-state index is -3.55. The van der Waals surface area contributed by atoms with Gasteiger partial charge in [-0.15, -0.1) is 0 Å². The quantitative estimate of drug-likeness (QED) is 0.522. The Morgan fingerprint density at radius 1 is 1.25 bits per heavy atom. The molecule has 3 heterocycles. The lowest BCUT2D eigenvalue weighted by molar-refractivity contribution is -0.128. The van der Waals surface area contributed by atoms with Crippen LogP contribution >= 0.6 is 11.8 Å². The van der Waals surface area contributed by atoms with E-state index in [1.54, 1.807) is 31.7 Å². The van der Waals surface area contributed by atoms with E-state index in [0.717, 1.165) is 0 Å². The van der Waals surface area contributed by atoms with Crippen LogP contribution in [0.25, 0.3) is 0 Å². The minimum Gasteiger partial charge on any atom is -0.424 e. The van der Waals surface area contributed by atoms with Gasteiger partial charge in [0, 0.05) is 52.4 Å². The monoisotopic (exact) mass is 478 g/mol. The predicted octanol–water partition coefficient (Wildman–Crippen LogP) is 1.72. The average Bonchev–Trinajstić information content (AvgIpc) is 3.19. The van der Waals surface area contributed by atoms with Crippen LogP contribution in [0, 0.1) is 18.3 Å². The van der Waals surface area contributed by atoms with Gasteiger partial charge in [-0.2, -0.15) is 9.57 Å². The molecule has 2 aromatic rings. The van der Waals surface area contributed by atoms with Crippen molar-refractivity contribution in [3.8, 4) is 6.07 Å². The van der Waals surface area contributed by atoms with Crippen LogP contribution in [0.15, 0.2) is 32.7 Å². The van der Waals surface area contributed by atoms with Crippen molar-refractivity contribution in [1.29, 1.82) is 5.26 Å². The van der Waals surface area contributed by atoms with Crippen molar-refractivity contribution in [1.82, 2.24) is 19.2 Å². The lowest BCUT2D eigenvalue weighted by Crippen LogP contribution is -2.49. The number of thioether (sulfide) groups is 1. The largest absolute Gasteiger partial charge is 0.424 e. The van der Waals surface area contributed by atoms with E-state index >= 15 is 0 Å². The first-order chi connectivity index (χ1) is 15.3. The van der Waals surface area contributed by atoms with E-state index in [9.17, 15) is 18.5 Å². The first-order valence-electron chi connectivity index (χ1n) is 10.3. The number of rotatable bonds is 8. The van der Waals surface area contributed by atoms with Crippen LogP contribution in [0.5, 0.6) is 0 Å². The van der Waals surface area contributed by atoms with Crippen molar-refractivity contribution in [3.63, 3.8) is 0 Å². The first-order valence-corrected chi connectivity index (χ1v) is 12.7. The summed E-state index contributed by atoms with van der Waals surface area (Å²) in [5.74, 6) is 1.08. The maximum absolute atomic E-state index is 12.6. The Kier molecular flexibility index (Phi) is 7.76. The highest BCUT2D eigenvalue weighted by molar-refractivity contribution is 7.99. The van der Waals surface area contributed by atoms with E-state index in [-0.39, 0.29) is 22.2 Å². The molecule has 0 spiro atoms. The molecular weight excluding hydrogens is 452 g/mol. The number of aryl methyl sites for hydroxylation is 1. The van der Waals surface area contributed by atoms with E-state index in [0.29, 0.717) is 56.1 Å². The summed E-state index contributed by atoms with van der Waals surface area (Å²) >= 11 is 1.27. The average molecular weight is 479 g/mol. The smallest absolute Gasteiger partial charge is 0.244 e. The predicted molar refractivity (Wildman–Crippen MR) is 120 cm³/mol. The Balaban J connectivity index is 1.53. The topological polar surface area (TPSA) is 124 Å². The molecule has 2 aromatic heterocycles. The molecule has 32 heavy (non-hydrogen) atoms. The van der Waals surface area contributed by atoms with Gasteiger partial charge < -0.3 is 14.2 Å². The molecule has 1 aliphatic heterocycles. The zero-order valence-corrected chi connectivity index (χ0v) is 19.9. The number of sulfonamides is 1. The van der Waals surface area contributed by atoms with E-state index in [1.165, 1.54) is 28.3 Å². The molecule has 0 unspecified atom stereocenters. The van der Waals surface area contributed by atoms with Gasteiger partial charge >= 0.3 is 0 Å². The van der Waals surface area contributed by atoms with Crippen molar-refractivity contribution >= 4 is 33.6 Å². The summed E-state index contributed by atoms with van der Waals surface area (Å²) < 4.78 is 32.0. The summed E-state index contributed by atoms with van der Waals surface area (Å²) in [6.45, 7) is 8.19. The van der Waals surface area contributed by atoms with Crippen molar-refractivity contribution in [2.75, 3.05) is 49.9 Å². The van der Waals surface area contributed by atoms with E-state index in [4.69, 9.17) is 4.42 Å². The van der Waals surface area contributed by atoms with Gasteiger partial charge in [-0.3, -0.25) is 4.79 Å². The number of pyridine rings is 1. The normalized spacial score (nSPS) is 14.6. The summed E-state index contributed by atoms with van der Waals surface area (Å²) in [6.07, 6.45) is 1.34. The summed E-state index contributed by atoms with van der Waals surface area (Å²) in [4.78, 5) is 24.7. The Hall–Kier alpha value is -2.62. The van der Waals surface area contributed by atoms with E-state index in [1.807, 2.05) is 11.0 Å². The van der Waals surface area contributed by atoms with Crippen molar-refractivity contribution in [2.45, 2.75) is 30.7 Å². The molecule has 1 saturated heterocycles. The first kappa shape index (κ1) is 24.0. The fourth-order valence-corrected chi connectivity index (χ4v) is 5.56. The number of nitriles is 1. The second-order valence-corrected chi connectivity index (χ2v) is 10.0. The summed E-state index contributed by atoms with van der Waals surface area (Å²) in [7, 11) is -3.55. The molecule has 0 saturated carbocycles. The number of carbonyl (C=O) groups is 1. The molecule has 1 aliphatic rings. The number of amides is 1. The molecule has 1 fully saturated rings. The van der Waals surface area contributed by atoms with Crippen LogP contribution in [-0.4, -0.2) is 78.5 Å². The zero-order valence-electron chi connectivity index (χ0n) is 18.3. The van der Waals surface area contributed by atoms with Crippen molar-refractivity contribution in [2.24, 2.45) is 0 Å². The minimum absolute atomic E-state index is 0.0226. The van der Waals surface area contributed by atoms with Gasteiger partial charge in [-0.1, -0.05) is 25.6 Å². The van der Waals surface area contributed by atoms with Gasteiger partial charge in [-0.05, 0) is 12.1 Å². The molecule has 1 amide bonds. The van der Waals surface area contributed by atoms with Crippen molar-refractivity contribution < 1.29 is 17.6 Å². The van der Waals surface area contributed by atoms with Gasteiger partial charge in [0.1, 0.15) is 11.0 Å². The third-order valence-corrected chi connectivity index (χ3v) is 8.10. The number of oxazole rings is 1. The SMILES string of the molecule is CCN(CC)S(=O)(=O)c1ccc(SCC(=O)N2CCN(c3oc(C)nc3C#N)CC2)nc1. The highest BCUT2D eigenvalue weighted by Gasteiger charge is 2.26. The second-order valence-electron chi connectivity index (χ2n) is 7.08. The molecule has 12 heteroatoms. The molecule has 0 atom stereocenters. The van der Waals surface area contributed by atoms with E-state index < -0.39 is 10.0 Å². The number of aromatic nitrogens is 2. The van der Waals surface area contributed by atoms with Crippen LogP contribution < -0.4 is 4.90 Å². The maximum Gasteiger partial charge on any atom is 0.244 e. The van der Waals surface area contributed by atoms with Crippen LogP contribution in [-0.2, 0) is 14.8 Å². The van der Waals surface area contributed by atoms with Gasteiger partial charge in [0.05, 0.1) is 10.8 Å².